The van der Waals surface area contributed by atoms with Gasteiger partial charge in [0.1, 0.15) is 0 Å². The third-order valence-electron chi connectivity index (χ3n) is 7.14. The number of amides is 1. The van der Waals surface area contributed by atoms with Gasteiger partial charge >= 0.3 is 12.1 Å². The maximum Gasteiger partial charge on any atom is 0.435 e. The number of benzene rings is 3. The number of hydroxylamine groups is 1. The van der Waals surface area contributed by atoms with Crippen molar-refractivity contribution in [2.75, 3.05) is 18.4 Å². The number of alkyl halides is 3. The maximum atomic E-state index is 14.2. The topological polar surface area (TPSA) is 151 Å². The zero-order valence-corrected chi connectivity index (χ0v) is 23.2. The number of fused-ring (bicyclic) bond motifs is 2. The van der Waals surface area contributed by atoms with Crippen molar-refractivity contribution >= 4 is 27.6 Å². The number of rotatable bonds is 6. The molecule has 3 heterocycles. The Balaban J connectivity index is 1.33. The molecular weight excluding hydrogens is 609 g/mol. The number of ether oxygens (including phenoxy) is 2. The molecule has 1 aromatic heterocycles. The molecule has 2 N–H and O–H groups in total. The Labute approximate surface area is 247 Å². The standard InChI is InChI=1S/C28H21F3N4O8S/c29-28(30,31)25-21-14-33(44(40,41)20-6-2-4-17(12-20)27(37)38)10-9-22(21)34(32-25)18-5-1-3-16(11-18)26(36)35(39)19-7-8-23-24(13-19)43-15-42-23/h1-8,11-13,39H,9-10,14-15H2,(H,37,38). The lowest BCUT2D eigenvalue weighted by Crippen LogP contribution is -2.37. The molecule has 16 heteroatoms. The molecule has 4 aromatic rings. The third-order valence-corrected chi connectivity index (χ3v) is 8.98. The van der Waals surface area contributed by atoms with E-state index in [0.717, 1.165) is 15.1 Å². The first-order valence-electron chi connectivity index (χ1n) is 12.9. The number of hydrogen-bond acceptors (Lipinski definition) is 8. The summed E-state index contributed by atoms with van der Waals surface area (Å²) in [5, 5.41) is 24.0. The van der Waals surface area contributed by atoms with Gasteiger partial charge in [0.15, 0.2) is 17.2 Å². The number of carbonyl (C=O) groups is 2. The number of halogens is 3. The summed E-state index contributed by atoms with van der Waals surface area (Å²) in [4.78, 5) is 24.1. The smallest absolute Gasteiger partial charge is 0.435 e. The molecule has 0 saturated carbocycles. The van der Waals surface area contributed by atoms with Crippen molar-refractivity contribution in [3.05, 3.63) is 94.8 Å². The van der Waals surface area contributed by atoms with Gasteiger partial charge in [-0.2, -0.15) is 27.6 Å². The highest BCUT2D eigenvalue weighted by Gasteiger charge is 2.42. The Hall–Kier alpha value is -4.93. The molecule has 0 aliphatic carbocycles. The van der Waals surface area contributed by atoms with Crippen LogP contribution in [0.4, 0.5) is 18.9 Å². The highest BCUT2D eigenvalue weighted by atomic mass is 32.2. The highest BCUT2D eigenvalue weighted by molar-refractivity contribution is 7.89. The first kappa shape index (κ1) is 29.2. The molecule has 0 fully saturated rings. The largest absolute Gasteiger partial charge is 0.478 e. The van der Waals surface area contributed by atoms with Gasteiger partial charge < -0.3 is 14.6 Å². The van der Waals surface area contributed by atoms with Gasteiger partial charge in [0, 0.05) is 36.7 Å². The molecule has 0 spiro atoms. The predicted molar refractivity (Wildman–Crippen MR) is 144 cm³/mol. The third kappa shape index (κ3) is 5.12. The number of aromatic carboxylic acids is 1. The van der Waals surface area contributed by atoms with Crippen LogP contribution in [0.3, 0.4) is 0 Å². The lowest BCUT2D eigenvalue weighted by molar-refractivity contribution is -0.142. The summed E-state index contributed by atoms with van der Waals surface area (Å²) >= 11 is 0. The van der Waals surface area contributed by atoms with Crippen molar-refractivity contribution < 1.29 is 51.0 Å². The predicted octanol–water partition coefficient (Wildman–Crippen LogP) is 4.10. The van der Waals surface area contributed by atoms with Gasteiger partial charge in [-0.25, -0.2) is 17.9 Å². The summed E-state index contributed by atoms with van der Waals surface area (Å²) in [7, 11) is -4.37. The second-order valence-electron chi connectivity index (χ2n) is 9.81. The summed E-state index contributed by atoms with van der Waals surface area (Å²) < 4.78 is 81.5. The molecule has 0 atom stereocenters. The number of aromatic nitrogens is 2. The molecule has 12 nitrogen and oxygen atoms in total. The molecule has 44 heavy (non-hydrogen) atoms. The van der Waals surface area contributed by atoms with Crippen molar-refractivity contribution in [2.24, 2.45) is 0 Å². The van der Waals surface area contributed by atoms with Crippen LogP contribution < -0.4 is 14.5 Å². The van der Waals surface area contributed by atoms with Gasteiger partial charge in [-0.3, -0.25) is 10.0 Å². The Morgan fingerprint density at radius 3 is 2.43 bits per heavy atom. The number of carboxylic acids is 1. The quantitative estimate of drug-likeness (QED) is 0.237. The number of carboxylic acid groups (broad SMARTS) is 1. The monoisotopic (exact) mass is 630 g/mol. The normalized spacial score (nSPS) is 14.7. The zero-order valence-electron chi connectivity index (χ0n) is 22.4. The van der Waals surface area contributed by atoms with E-state index in [1.165, 1.54) is 60.7 Å². The fraction of sp³-hybridized carbons (Fsp3) is 0.179. The van der Waals surface area contributed by atoms with Crippen LogP contribution in [-0.2, 0) is 29.2 Å². The van der Waals surface area contributed by atoms with Crippen LogP contribution in [0.1, 0.15) is 37.7 Å². The first-order valence-corrected chi connectivity index (χ1v) is 14.3. The molecular formula is C28H21F3N4O8S. The molecule has 0 unspecified atom stereocenters. The van der Waals surface area contributed by atoms with Crippen LogP contribution in [0, 0.1) is 0 Å². The average Bonchev–Trinajstić information content (AvgIpc) is 3.64. The van der Waals surface area contributed by atoms with Gasteiger partial charge in [0.25, 0.3) is 5.91 Å². The van der Waals surface area contributed by atoms with Crippen molar-refractivity contribution in [1.82, 2.24) is 14.1 Å². The highest BCUT2D eigenvalue weighted by Crippen LogP contribution is 2.38. The van der Waals surface area contributed by atoms with E-state index in [1.54, 1.807) is 0 Å². The lowest BCUT2D eigenvalue weighted by Gasteiger charge is -2.27. The van der Waals surface area contributed by atoms with E-state index in [4.69, 9.17) is 9.47 Å². The Kier molecular flexibility index (Phi) is 7.06. The molecule has 0 bridgehead atoms. The molecule has 0 saturated heterocycles. The summed E-state index contributed by atoms with van der Waals surface area (Å²) in [6, 6.07) is 14.3. The fourth-order valence-corrected chi connectivity index (χ4v) is 6.46. The Morgan fingerprint density at radius 2 is 1.68 bits per heavy atom. The zero-order chi connectivity index (χ0) is 31.4. The maximum absolute atomic E-state index is 14.2. The SMILES string of the molecule is O=C(O)c1cccc(S(=O)(=O)N2CCc3c(c(C(F)(F)F)nn3-c3cccc(C(=O)N(O)c4ccc5c(c4)OCO5)c3)C2)c1. The summed E-state index contributed by atoms with van der Waals surface area (Å²) in [5.41, 5.74) is -1.80. The second kappa shape index (κ2) is 10.7. The van der Waals surface area contributed by atoms with Crippen LogP contribution in [0.5, 0.6) is 11.5 Å². The summed E-state index contributed by atoms with van der Waals surface area (Å²) in [6.07, 6.45) is -5.11. The number of anilines is 1. The number of sulfonamides is 1. The van der Waals surface area contributed by atoms with E-state index in [1.807, 2.05) is 0 Å². The molecule has 0 radical (unpaired) electrons. The van der Waals surface area contributed by atoms with Gasteiger partial charge in [-0.15, -0.1) is 0 Å². The van der Waals surface area contributed by atoms with Gasteiger partial charge in [0.2, 0.25) is 16.8 Å². The van der Waals surface area contributed by atoms with Crippen LogP contribution >= 0.6 is 0 Å². The lowest BCUT2D eigenvalue weighted by atomic mass is 10.1. The van der Waals surface area contributed by atoms with E-state index in [-0.39, 0.29) is 58.4 Å². The van der Waals surface area contributed by atoms with Gasteiger partial charge in [-0.05, 0) is 48.5 Å². The average molecular weight is 631 g/mol. The van der Waals surface area contributed by atoms with Crippen LogP contribution in [0.2, 0.25) is 0 Å². The van der Waals surface area contributed by atoms with Crippen molar-refractivity contribution in [3.63, 3.8) is 0 Å². The van der Waals surface area contributed by atoms with Gasteiger partial charge in [0.05, 0.1) is 27.5 Å². The van der Waals surface area contributed by atoms with E-state index in [2.05, 4.69) is 5.10 Å². The molecule has 3 aromatic carbocycles. The Bertz CT molecular complexity index is 1930. The van der Waals surface area contributed by atoms with Crippen molar-refractivity contribution in [2.45, 2.75) is 24.0 Å². The van der Waals surface area contributed by atoms with E-state index >= 15 is 0 Å². The first-order chi connectivity index (χ1) is 20.8. The molecule has 1 amide bonds. The second-order valence-corrected chi connectivity index (χ2v) is 11.7. The number of nitrogens with zero attached hydrogens (tertiary/aromatic N) is 4. The number of carbonyl (C=O) groups excluding carboxylic acids is 1. The van der Waals surface area contributed by atoms with E-state index < -0.39 is 40.3 Å². The minimum atomic E-state index is -4.94. The van der Waals surface area contributed by atoms with Crippen molar-refractivity contribution in [3.8, 4) is 17.2 Å². The van der Waals surface area contributed by atoms with Gasteiger partial charge in [-0.1, -0.05) is 12.1 Å². The van der Waals surface area contributed by atoms with Crippen LogP contribution in [-0.4, -0.2) is 58.0 Å². The summed E-state index contributed by atoms with van der Waals surface area (Å²) in [5.74, 6) is -1.49. The Morgan fingerprint density at radius 1 is 0.955 bits per heavy atom. The fourth-order valence-electron chi connectivity index (χ4n) is 5.01. The van der Waals surface area contributed by atoms with E-state index in [9.17, 15) is 41.5 Å². The minimum absolute atomic E-state index is 0.0179. The molecule has 2 aliphatic heterocycles. The van der Waals surface area contributed by atoms with E-state index in [0.29, 0.717) is 16.6 Å². The molecule has 6 rings (SSSR count). The summed E-state index contributed by atoms with van der Waals surface area (Å²) in [6.45, 7) is -0.907. The minimum Gasteiger partial charge on any atom is -0.478 e. The van der Waals surface area contributed by atoms with Crippen molar-refractivity contribution in [1.29, 1.82) is 0 Å². The van der Waals surface area contributed by atoms with Crippen LogP contribution in [0.25, 0.3) is 5.69 Å². The number of hydrogen-bond donors (Lipinski definition) is 2. The molecule has 228 valence electrons. The molecule has 2 aliphatic rings. The van der Waals surface area contributed by atoms with Crippen LogP contribution in [0.15, 0.2) is 71.6 Å².